The zero-order chi connectivity index (χ0) is 31.0. The molecule has 2 aromatic heterocycles. The van der Waals surface area contributed by atoms with Crippen LogP contribution in [0, 0.1) is 0 Å². The number of fused-ring (bicyclic) bond motifs is 18. The lowest BCUT2D eigenvalue weighted by Gasteiger charge is -2.22. The van der Waals surface area contributed by atoms with E-state index in [0.29, 0.717) is 0 Å². The molecule has 1 aliphatic rings. The Labute approximate surface area is 275 Å². The van der Waals surface area contributed by atoms with Crippen LogP contribution in [0.15, 0.2) is 140 Å². The molecule has 0 bridgehead atoms. The maximum absolute atomic E-state index is 2.57. The Morgan fingerprint density at radius 1 is 0.511 bits per heavy atom. The van der Waals surface area contributed by atoms with Gasteiger partial charge in [-0.15, -0.1) is 11.3 Å². The first-order valence-corrected chi connectivity index (χ1v) is 17.3. The van der Waals surface area contributed by atoms with Crippen molar-refractivity contribution in [1.29, 1.82) is 0 Å². The predicted molar refractivity (Wildman–Crippen MR) is 204 cm³/mol. The van der Waals surface area contributed by atoms with Crippen molar-refractivity contribution in [2.45, 2.75) is 19.3 Å². The largest absolute Gasteiger partial charge is 0.309 e. The maximum atomic E-state index is 2.57. The minimum Gasteiger partial charge on any atom is -0.309 e. The molecule has 0 amide bonds. The fraction of sp³-hybridized carbons (Fsp3) is 0.0667. The Hall–Kier alpha value is -5.44. The van der Waals surface area contributed by atoms with E-state index in [9.17, 15) is 0 Å². The summed E-state index contributed by atoms with van der Waals surface area (Å²) in [5, 5.41) is 13.2. The van der Waals surface area contributed by atoms with E-state index in [4.69, 9.17) is 0 Å². The second-order valence-electron chi connectivity index (χ2n) is 13.6. The third kappa shape index (κ3) is 3.14. The van der Waals surface area contributed by atoms with Gasteiger partial charge in [-0.3, -0.25) is 0 Å². The van der Waals surface area contributed by atoms with Gasteiger partial charge in [-0.25, -0.2) is 0 Å². The Balaban J connectivity index is 1.39. The van der Waals surface area contributed by atoms with Crippen molar-refractivity contribution in [3.05, 3.63) is 151 Å². The highest BCUT2D eigenvalue weighted by Gasteiger charge is 2.40. The molecule has 0 radical (unpaired) electrons. The third-order valence-electron chi connectivity index (χ3n) is 10.9. The average molecular weight is 616 g/mol. The van der Waals surface area contributed by atoms with E-state index < -0.39 is 0 Å². The zero-order valence-corrected chi connectivity index (χ0v) is 27.0. The van der Waals surface area contributed by atoms with E-state index in [2.05, 4.69) is 158 Å². The number of thiophene rings is 1. The molecule has 8 aromatic carbocycles. The maximum Gasteiger partial charge on any atom is 0.0640 e. The lowest BCUT2D eigenvalue weighted by Crippen LogP contribution is -2.15. The quantitative estimate of drug-likeness (QED) is 0.162. The Morgan fingerprint density at radius 3 is 1.83 bits per heavy atom. The van der Waals surface area contributed by atoms with Crippen LogP contribution in [0.3, 0.4) is 0 Å². The summed E-state index contributed by atoms with van der Waals surface area (Å²) in [6.45, 7) is 4.84. The smallest absolute Gasteiger partial charge is 0.0640 e. The van der Waals surface area contributed by atoms with E-state index in [1.165, 1.54) is 102 Å². The Bertz CT molecular complexity index is 2950. The molecule has 220 valence electrons. The van der Waals surface area contributed by atoms with Crippen molar-refractivity contribution >= 4 is 85.6 Å². The van der Waals surface area contributed by atoms with E-state index in [1.54, 1.807) is 0 Å². The highest BCUT2D eigenvalue weighted by atomic mass is 32.1. The summed E-state index contributed by atoms with van der Waals surface area (Å²) in [7, 11) is 0. The van der Waals surface area contributed by atoms with Crippen LogP contribution in [-0.4, -0.2) is 4.57 Å². The van der Waals surface area contributed by atoms with Gasteiger partial charge in [0.25, 0.3) is 0 Å². The van der Waals surface area contributed by atoms with Gasteiger partial charge in [-0.2, -0.15) is 0 Å². The van der Waals surface area contributed by atoms with Crippen LogP contribution in [0.2, 0.25) is 0 Å². The lowest BCUT2D eigenvalue weighted by atomic mass is 9.81. The van der Waals surface area contributed by atoms with Crippen molar-refractivity contribution in [2.75, 3.05) is 0 Å². The standard InChI is InChI=1S/C45H29NS/c1-45(2)36-20-10-7-17-32(36)39-40-33-18-8-11-21-37(33)46(43(40)41-34-19-9-12-22-38(34)47-44(41)42(39)45)26-23-24-31-29-15-4-3-13-27(29)28-14-5-6-16-30(28)35(31)25-26/h3-25H,1-2H3. The van der Waals surface area contributed by atoms with Gasteiger partial charge in [0.15, 0.2) is 0 Å². The fourth-order valence-electron chi connectivity index (χ4n) is 8.97. The fourth-order valence-corrected chi connectivity index (χ4v) is 10.4. The minimum atomic E-state index is -0.106. The number of nitrogens with zero attached hydrogens (tertiary/aromatic N) is 1. The van der Waals surface area contributed by atoms with E-state index in [-0.39, 0.29) is 5.41 Å². The second kappa shape index (κ2) is 8.88. The monoisotopic (exact) mass is 615 g/mol. The minimum absolute atomic E-state index is 0.106. The number of hydrogen-bond acceptors (Lipinski definition) is 1. The van der Waals surface area contributed by atoms with Crippen LogP contribution in [-0.2, 0) is 5.41 Å². The highest BCUT2D eigenvalue weighted by Crippen LogP contribution is 2.58. The molecule has 1 nitrogen and oxygen atoms in total. The molecular formula is C45H29NS. The lowest BCUT2D eigenvalue weighted by molar-refractivity contribution is 0.667. The summed E-state index contributed by atoms with van der Waals surface area (Å²) < 4.78 is 5.33. The number of benzene rings is 8. The first kappa shape index (κ1) is 25.7. The summed E-state index contributed by atoms with van der Waals surface area (Å²) >= 11 is 1.96. The van der Waals surface area contributed by atoms with E-state index in [0.717, 1.165) is 0 Å². The van der Waals surface area contributed by atoms with Crippen molar-refractivity contribution in [3.63, 3.8) is 0 Å². The van der Waals surface area contributed by atoms with Crippen molar-refractivity contribution in [3.8, 4) is 16.8 Å². The van der Waals surface area contributed by atoms with Crippen LogP contribution in [0.5, 0.6) is 0 Å². The number of hydrogen-bond donors (Lipinski definition) is 0. The van der Waals surface area contributed by atoms with Crippen LogP contribution >= 0.6 is 11.3 Å². The molecule has 11 rings (SSSR count). The molecule has 0 N–H and O–H groups in total. The SMILES string of the molecule is CC1(C)c2ccccc2-c2c1c1sc3ccccc3c1c1c2c2ccccc2n1-c1ccc2c3ccccc3c3ccccc3c2c1. The molecule has 0 aliphatic heterocycles. The van der Waals surface area contributed by atoms with Crippen LogP contribution in [0.4, 0.5) is 0 Å². The normalized spacial score (nSPS) is 13.9. The predicted octanol–water partition coefficient (Wildman–Crippen LogP) is 12.9. The molecule has 47 heavy (non-hydrogen) atoms. The first-order valence-electron chi connectivity index (χ1n) is 16.5. The number of para-hydroxylation sites is 1. The van der Waals surface area contributed by atoms with Gasteiger partial charge in [0, 0.05) is 42.0 Å². The molecule has 2 heteroatoms. The van der Waals surface area contributed by atoms with E-state index >= 15 is 0 Å². The summed E-state index contributed by atoms with van der Waals surface area (Å²) in [5.74, 6) is 0. The van der Waals surface area contributed by atoms with Gasteiger partial charge in [-0.05, 0) is 78.8 Å². The third-order valence-corrected chi connectivity index (χ3v) is 12.1. The van der Waals surface area contributed by atoms with Gasteiger partial charge < -0.3 is 4.57 Å². The summed E-state index contributed by atoms with van der Waals surface area (Å²) in [6, 6.07) is 52.1. The summed E-state index contributed by atoms with van der Waals surface area (Å²) in [6.07, 6.45) is 0. The number of rotatable bonds is 1. The van der Waals surface area contributed by atoms with Gasteiger partial charge in [0.2, 0.25) is 0 Å². The van der Waals surface area contributed by atoms with Gasteiger partial charge >= 0.3 is 0 Å². The van der Waals surface area contributed by atoms with E-state index in [1.807, 2.05) is 11.3 Å². The van der Waals surface area contributed by atoms with Crippen LogP contribution in [0.1, 0.15) is 25.0 Å². The van der Waals surface area contributed by atoms with Crippen molar-refractivity contribution in [1.82, 2.24) is 4.57 Å². The van der Waals surface area contributed by atoms with Crippen molar-refractivity contribution < 1.29 is 0 Å². The van der Waals surface area contributed by atoms with Crippen LogP contribution in [0.25, 0.3) is 91.1 Å². The molecule has 0 spiro atoms. The molecule has 0 atom stereocenters. The van der Waals surface area contributed by atoms with Gasteiger partial charge in [-0.1, -0.05) is 129 Å². The van der Waals surface area contributed by atoms with Gasteiger partial charge in [0.1, 0.15) is 0 Å². The summed E-state index contributed by atoms with van der Waals surface area (Å²) in [4.78, 5) is 0. The number of aromatic nitrogens is 1. The molecule has 0 saturated heterocycles. The molecule has 0 unspecified atom stereocenters. The molecule has 10 aromatic rings. The molecule has 0 saturated carbocycles. The topological polar surface area (TPSA) is 4.93 Å². The summed E-state index contributed by atoms with van der Waals surface area (Å²) in [5.41, 5.74) is 9.33. The Kier molecular flexibility index (Phi) is 4.86. The molecule has 1 aliphatic carbocycles. The molecular weight excluding hydrogens is 587 g/mol. The van der Waals surface area contributed by atoms with Crippen molar-refractivity contribution in [2.24, 2.45) is 0 Å². The van der Waals surface area contributed by atoms with Crippen LogP contribution < -0.4 is 0 Å². The molecule has 2 heterocycles. The first-order chi connectivity index (χ1) is 23.1. The Morgan fingerprint density at radius 2 is 1.09 bits per heavy atom. The molecule has 0 fully saturated rings. The van der Waals surface area contributed by atoms with Gasteiger partial charge in [0.05, 0.1) is 11.0 Å². The second-order valence-corrected chi connectivity index (χ2v) is 14.7. The highest BCUT2D eigenvalue weighted by molar-refractivity contribution is 7.26. The zero-order valence-electron chi connectivity index (χ0n) is 26.1. The average Bonchev–Trinajstić information content (AvgIpc) is 3.74.